The predicted octanol–water partition coefficient (Wildman–Crippen LogP) is 1.23. The number of nitrogens with zero attached hydrogens (tertiary/aromatic N) is 6. The summed E-state index contributed by atoms with van der Waals surface area (Å²) in [6, 6.07) is 4.19. The van der Waals surface area contributed by atoms with E-state index in [9.17, 15) is 4.79 Å². The maximum Gasteiger partial charge on any atom is 0.222 e. The maximum absolute atomic E-state index is 12.3. The minimum atomic E-state index is 0.331. The summed E-state index contributed by atoms with van der Waals surface area (Å²) in [4.78, 5) is 21.4. The minimum Gasteiger partial charge on any atom is -0.377 e. The van der Waals surface area contributed by atoms with E-state index in [-0.39, 0.29) is 0 Å². The van der Waals surface area contributed by atoms with Gasteiger partial charge in [-0.15, -0.1) is 10.2 Å². The number of piperazine rings is 2. The molecule has 0 N–H and O–H groups in total. The topological polar surface area (TPSA) is 65.0 Å². The number of aromatic nitrogens is 2. The molecule has 1 aromatic rings. The summed E-state index contributed by atoms with van der Waals surface area (Å²) < 4.78 is 5.77. The standard InChI is InChI=1S/C22H34N6O2/c29-22(16-18-3-4-18)28-13-11-27(12-14-28)21-6-5-20(23-24-21)26-9-7-25(8-10-26)17-19-2-1-15-30-19/h5-6,18-19H,1-4,7-17H2. The minimum absolute atomic E-state index is 0.331. The van der Waals surface area contributed by atoms with Gasteiger partial charge in [0.15, 0.2) is 11.6 Å². The van der Waals surface area contributed by atoms with Crippen molar-refractivity contribution in [3.05, 3.63) is 12.1 Å². The zero-order valence-electron chi connectivity index (χ0n) is 17.9. The smallest absolute Gasteiger partial charge is 0.222 e. The maximum atomic E-state index is 12.3. The van der Waals surface area contributed by atoms with Crippen molar-refractivity contribution in [2.75, 3.05) is 75.3 Å². The van der Waals surface area contributed by atoms with Crippen LogP contribution >= 0.6 is 0 Å². The van der Waals surface area contributed by atoms with Crippen molar-refractivity contribution in [2.45, 2.75) is 38.2 Å². The molecule has 1 aromatic heterocycles. The van der Waals surface area contributed by atoms with E-state index in [2.05, 4.69) is 37.0 Å². The summed E-state index contributed by atoms with van der Waals surface area (Å²) in [6.07, 6.45) is 6.05. The first kappa shape index (κ1) is 20.0. The highest BCUT2D eigenvalue weighted by Gasteiger charge is 2.29. The lowest BCUT2D eigenvalue weighted by Gasteiger charge is -2.37. The van der Waals surface area contributed by atoms with Gasteiger partial charge in [0.25, 0.3) is 0 Å². The number of hydrogen-bond acceptors (Lipinski definition) is 7. The number of hydrogen-bond donors (Lipinski definition) is 0. The predicted molar refractivity (Wildman–Crippen MR) is 116 cm³/mol. The Balaban J connectivity index is 1.08. The first-order valence-electron chi connectivity index (χ1n) is 11.7. The molecule has 30 heavy (non-hydrogen) atoms. The highest BCUT2D eigenvalue weighted by Crippen LogP contribution is 2.33. The normalized spacial score (nSPS) is 25.7. The molecule has 8 heteroatoms. The van der Waals surface area contributed by atoms with E-state index in [1.165, 1.54) is 25.7 Å². The quantitative estimate of drug-likeness (QED) is 0.694. The van der Waals surface area contributed by atoms with E-state index in [1.54, 1.807) is 0 Å². The van der Waals surface area contributed by atoms with Crippen molar-refractivity contribution in [3.63, 3.8) is 0 Å². The first-order chi connectivity index (χ1) is 14.7. The second-order valence-electron chi connectivity index (χ2n) is 9.19. The summed E-state index contributed by atoms with van der Waals surface area (Å²) in [5.41, 5.74) is 0. The van der Waals surface area contributed by atoms with Gasteiger partial charge in [0.2, 0.25) is 5.91 Å². The molecule has 8 nitrogen and oxygen atoms in total. The third kappa shape index (κ3) is 4.86. The average molecular weight is 415 g/mol. The van der Waals surface area contributed by atoms with Crippen LogP contribution in [0.4, 0.5) is 11.6 Å². The third-order valence-corrected chi connectivity index (χ3v) is 6.94. The van der Waals surface area contributed by atoms with Gasteiger partial charge < -0.3 is 19.4 Å². The Morgan fingerprint density at radius 3 is 2.07 bits per heavy atom. The Kier molecular flexibility index (Phi) is 6.04. The zero-order chi connectivity index (χ0) is 20.3. The van der Waals surface area contributed by atoms with Crippen LogP contribution in [0.25, 0.3) is 0 Å². The molecule has 0 bridgehead atoms. The lowest BCUT2D eigenvalue weighted by molar-refractivity contribution is -0.131. The molecular weight excluding hydrogens is 380 g/mol. The molecule has 3 saturated heterocycles. The van der Waals surface area contributed by atoms with Crippen LogP contribution in [0.3, 0.4) is 0 Å². The summed E-state index contributed by atoms with van der Waals surface area (Å²) in [5, 5.41) is 9.02. The van der Waals surface area contributed by atoms with Gasteiger partial charge >= 0.3 is 0 Å². The van der Waals surface area contributed by atoms with E-state index in [1.807, 2.05) is 4.90 Å². The van der Waals surface area contributed by atoms with Gasteiger partial charge in [-0.2, -0.15) is 0 Å². The second kappa shape index (κ2) is 9.06. The first-order valence-corrected chi connectivity index (χ1v) is 11.7. The van der Waals surface area contributed by atoms with Crippen LogP contribution in [0.5, 0.6) is 0 Å². The summed E-state index contributed by atoms with van der Waals surface area (Å²) >= 11 is 0. The van der Waals surface area contributed by atoms with E-state index in [0.717, 1.165) is 83.6 Å². The Hall–Kier alpha value is -1.93. The molecule has 1 atom stereocenters. The summed E-state index contributed by atoms with van der Waals surface area (Å²) in [7, 11) is 0. The molecule has 0 aromatic carbocycles. The van der Waals surface area contributed by atoms with Gasteiger partial charge in [0.05, 0.1) is 6.10 Å². The lowest BCUT2D eigenvalue weighted by Crippen LogP contribution is -2.49. The SMILES string of the molecule is O=C(CC1CC1)N1CCN(c2ccc(N3CCN(CC4CCCO4)CC3)nn2)CC1. The highest BCUT2D eigenvalue weighted by molar-refractivity contribution is 5.77. The number of carbonyl (C=O) groups excluding carboxylic acids is 1. The van der Waals surface area contributed by atoms with Crippen LogP contribution in [0.2, 0.25) is 0 Å². The third-order valence-electron chi connectivity index (χ3n) is 6.94. The fourth-order valence-electron chi connectivity index (χ4n) is 4.77. The zero-order valence-corrected chi connectivity index (χ0v) is 17.9. The van der Waals surface area contributed by atoms with Crippen molar-refractivity contribution in [1.29, 1.82) is 0 Å². The van der Waals surface area contributed by atoms with Crippen molar-refractivity contribution in [3.8, 4) is 0 Å². The largest absolute Gasteiger partial charge is 0.377 e. The van der Waals surface area contributed by atoms with Crippen molar-refractivity contribution in [1.82, 2.24) is 20.0 Å². The van der Waals surface area contributed by atoms with E-state index in [0.29, 0.717) is 17.9 Å². The summed E-state index contributed by atoms with van der Waals surface area (Å²) in [5.74, 6) is 2.88. The molecule has 1 saturated carbocycles. The summed E-state index contributed by atoms with van der Waals surface area (Å²) in [6.45, 7) is 9.35. The second-order valence-corrected chi connectivity index (χ2v) is 9.19. The van der Waals surface area contributed by atoms with Crippen LogP contribution in [0, 0.1) is 5.92 Å². The molecule has 4 fully saturated rings. The fourth-order valence-corrected chi connectivity index (χ4v) is 4.77. The number of ether oxygens (including phenoxy) is 1. The molecule has 5 rings (SSSR count). The Labute approximate surface area is 179 Å². The molecule has 0 radical (unpaired) electrons. The number of anilines is 2. The molecule has 1 unspecified atom stereocenters. The Morgan fingerprint density at radius 2 is 1.53 bits per heavy atom. The van der Waals surface area contributed by atoms with Gasteiger partial charge in [-0.25, -0.2) is 0 Å². The van der Waals surface area contributed by atoms with E-state index < -0.39 is 0 Å². The number of amides is 1. The van der Waals surface area contributed by atoms with E-state index >= 15 is 0 Å². The van der Waals surface area contributed by atoms with Crippen molar-refractivity contribution in [2.24, 2.45) is 5.92 Å². The van der Waals surface area contributed by atoms with E-state index in [4.69, 9.17) is 4.74 Å². The van der Waals surface area contributed by atoms with Crippen LogP contribution in [-0.4, -0.2) is 97.5 Å². The molecular formula is C22H34N6O2. The number of rotatable bonds is 6. The molecule has 4 aliphatic rings. The molecule has 4 heterocycles. The van der Waals surface area contributed by atoms with Gasteiger partial charge in [-0.1, -0.05) is 0 Å². The van der Waals surface area contributed by atoms with Gasteiger partial charge in [0.1, 0.15) is 0 Å². The molecule has 3 aliphatic heterocycles. The molecule has 0 spiro atoms. The van der Waals surface area contributed by atoms with Crippen LogP contribution < -0.4 is 9.80 Å². The van der Waals surface area contributed by atoms with Gasteiger partial charge in [-0.3, -0.25) is 9.69 Å². The molecule has 164 valence electrons. The van der Waals surface area contributed by atoms with Crippen LogP contribution in [0.15, 0.2) is 12.1 Å². The average Bonchev–Trinajstić information content (AvgIpc) is 3.46. The highest BCUT2D eigenvalue weighted by atomic mass is 16.5. The van der Waals surface area contributed by atoms with Gasteiger partial charge in [0, 0.05) is 71.9 Å². The number of carbonyl (C=O) groups is 1. The Morgan fingerprint density at radius 1 is 0.900 bits per heavy atom. The lowest BCUT2D eigenvalue weighted by atomic mass is 10.2. The van der Waals surface area contributed by atoms with Crippen molar-refractivity contribution >= 4 is 17.5 Å². The molecule has 1 amide bonds. The Bertz CT molecular complexity index is 703. The van der Waals surface area contributed by atoms with Crippen LogP contribution in [-0.2, 0) is 9.53 Å². The monoisotopic (exact) mass is 414 g/mol. The molecule has 1 aliphatic carbocycles. The van der Waals surface area contributed by atoms with Crippen molar-refractivity contribution < 1.29 is 9.53 Å². The van der Waals surface area contributed by atoms with Gasteiger partial charge in [-0.05, 0) is 43.7 Å². The fraction of sp³-hybridized carbons (Fsp3) is 0.773. The van der Waals surface area contributed by atoms with Crippen LogP contribution in [0.1, 0.15) is 32.1 Å².